The molecule has 1 amide bonds. The van der Waals surface area contributed by atoms with Crippen LogP contribution >= 0.6 is 11.3 Å². The third-order valence-electron chi connectivity index (χ3n) is 4.82. The Morgan fingerprint density at radius 3 is 2.91 bits per heavy atom. The number of thiazole rings is 1. The molecule has 1 aromatic carbocycles. The van der Waals surface area contributed by atoms with Crippen LogP contribution in [0.1, 0.15) is 41.3 Å². The molecule has 4 nitrogen and oxygen atoms in total. The predicted octanol–water partition coefficient (Wildman–Crippen LogP) is 3.11. The second kappa shape index (κ2) is 6.42. The molecule has 0 bridgehead atoms. The average molecular weight is 327 g/mol. The summed E-state index contributed by atoms with van der Waals surface area (Å²) in [6.45, 7) is 0.936. The lowest BCUT2D eigenvalue weighted by atomic mass is 9.85. The van der Waals surface area contributed by atoms with E-state index in [1.807, 2.05) is 0 Å². The molecule has 120 valence electrons. The maximum atomic E-state index is 12.2. The van der Waals surface area contributed by atoms with Crippen molar-refractivity contribution in [3.05, 3.63) is 46.5 Å². The number of nitrogens with zero attached hydrogens (tertiary/aromatic N) is 1. The van der Waals surface area contributed by atoms with Gasteiger partial charge < -0.3 is 10.6 Å². The van der Waals surface area contributed by atoms with E-state index in [0.717, 1.165) is 43.8 Å². The summed E-state index contributed by atoms with van der Waals surface area (Å²) in [4.78, 5) is 18.2. The lowest BCUT2D eigenvalue weighted by Crippen LogP contribution is -2.35. The second-order valence-electron chi connectivity index (χ2n) is 6.38. The van der Waals surface area contributed by atoms with Crippen LogP contribution in [-0.4, -0.2) is 23.5 Å². The first-order chi connectivity index (χ1) is 11.3. The van der Waals surface area contributed by atoms with E-state index in [1.165, 1.54) is 16.1 Å². The number of benzene rings is 1. The van der Waals surface area contributed by atoms with Crippen molar-refractivity contribution in [3.63, 3.8) is 0 Å². The summed E-state index contributed by atoms with van der Waals surface area (Å²) in [6, 6.07) is 10.7. The van der Waals surface area contributed by atoms with Crippen LogP contribution in [0, 0.1) is 0 Å². The van der Waals surface area contributed by atoms with Gasteiger partial charge in [0.1, 0.15) is 0 Å². The number of hydrogen-bond donors (Lipinski definition) is 2. The van der Waals surface area contributed by atoms with Crippen molar-refractivity contribution < 1.29 is 4.79 Å². The number of fused-ring (bicyclic) bond motifs is 1. The van der Waals surface area contributed by atoms with Crippen molar-refractivity contribution in [2.75, 3.05) is 11.9 Å². The number of aromatic nitrogens is 1. The summed E-state index contributed by atoms with van der Waals surface area (Å²) in [6.07, 6.45) is 5.17. The fourth-order valence-corrected chi connectivity index (χ4v) is 4.63. The maximum absolute atomic E-state index is 12.2. The highest BCUT2D eigenvalue weighted by Crippen LogP contribution is 2.36. The Morgan fingerprint density at radius 1 is 1.26 bits per heavy atom. The average Bonchev–Trinajstić information content (AvgIpc) is 3.24. The SMILES string of the molecule is O=C(Nc1nc2c(s1)CC(c1ccccc1)CC2)C1CCCN1. The molecular formula is C18H21N3OS. The molecule has 0 saturated carbocycles. The van der Waals surface area contributed by atoms with Gasteiger partial charge in [-0.15, -0.1) is 11.3 Å². The van der Waals surface area contributed by atoms with Crippen LogP contribution in [0.4, 0.5) is 5.13 Å². The fraction of sp³-hybridized carbons (Fsp3) is 0.444. The molecule has 1 aliphatic heterocycles. The number of aryl methyl sites for hydroxylation is 1. The van der Waals surface area contributed by atoms with E-state index in [2.05, 4.69) is 45.9 Å². The highest BCUT2D eigenvalue weighted by Gasteiger charge is 2.26. The van der Waals surface area contributed by atoms with Crippen molar-refractivity contribution in [2.24, 2.45) is 0 Å². The predicted molar refractivity (Wildman–Crippen MR) is 93.0 cm³/mol. The van der Waals surface area contributed by atoms with Gasteiger partial charge in [-0.05, 0) is 50.1 Å². The molecule has 5 heteroatoms. The topological polar surface area (TPSA) is 54.0 Å². The highest BCUT2D eigenvalue weighted by atomic mass is 32.1. The second-order valence-corrected chi connectivity index (χ2v) is 7.46. The summed E-state index contributed by atoms with van der Waals surface area (Å²) in [5.74, 6) is 0.636. The summed E-state index contributed by atoms with van der Waals surface area (Å²) in [5, 5.41) is 7.00. The largest absolute Gasteiger partial charge is 0.306 e. The molecule has 2 N–H and O–H groups in total. The maximum Gasteiger partial charge on any atom is 0.243 e. The zero-order valence-corrected chi connectivity index (χ0v) is 13.9. The Hall–Kier alpha value is -1.72. The Balaban J connectivity index is 1.46. The summed E-state index contributed by atoms with van der Waals surface area (Å²) >= 11 is 1.65. The number of nitrogens with one attached hydrogen (secondary N) is 2. The molecule has 2 unspecified atom stereocenters. The van der Waals surface area contributed by atoms with E-state index >= 15 is 0 Å². The zero-order valence-electron chi connectivity index (χ0n) is 13.0. The highest BCUT2D eigenvalue weighted by molar-refractivity contribution is 7.15. The van der Waals surface area contributed by atoms with Crippen molar-refractivity contribution in [3.8, 4) is 0 Å². The Labute approximate surface area is 140 Å². The van der Waals surface area contributed by atoms with E-state index in [4.69, 9.17) is 0 Å². The number of hydrogen-bond acceptors (Lipinski definition) is 4. The van der Waals surface area contributed by atoms with Gasteiger partial charge in [0.2, 0.25) is 5.91 Å². The molecule has 1 aliphatic carbocycles. The van der Waals surface area contributed by atoms with Gasteiger partial charge in [0.25, 0.3) is 0 Å². The van der Waals surface area contributed by atoms with E-state index in [1.54, 1.807) is 11.3 Å². The lowest BCUT2D eigenvalue weighted by molar-refractivity contribution is -0.117. The number of amides is 1. The van der Waals surface area contributed by atoms with Gasteiger partial charge in [-0.3, -0.25) is 4.79 Å². The van der Waals surface area contributed by atoms with Gasteiger partial charge in [0.15, 0.2) is 5.13 Å². The van der Waals surface area contributed by atoms with Crippen LogP contribution in [-0.2, 0) is 17.6 Å². The third-order valence-corrected chi connectivity index (χ3v) is 5.85. The Bertz CT molecular complexity index is 692. The normalized spacial score (nSPS) is 23.5. The Morgan fingerprint density at radius 2 is 2.13 bits per heavy atom. The number of carbonyl (C=O) groups excluding carboxylic acids is 1. The first-order valence-electron chi connectivity index (χ1n) is 8.37. The van der Waals surface area contributed by atoms with Crippen molar-refractivity contribution in [2.45, 2.75) is 44.1 Å². The quantitative estimate of drug-likeness (QED) is 0.911. The molecule has 0 spiro atoms. The minimum atomic E-state index is -0.0482. The molecule has 2 aliphatic rings. The minimum absolute atomic E-state index is 0.0482. The van der Waals surface area contributed by atoms with Gasteiger partial charge >= 0.3 is 0 Å². The molecular weight excluding hydrogens is 306 g/mol. The van der Waals surface area contributed by atoms with Crippen LogP contribution in [0.2, 0.25) is 0 Å². The van der Waals surface area contributed by atoms with Crippen molar-refractivity contribution in [1.82, 2.24) is 10.3 Å². The summed E-state index contributed by atoms with van der Waals surface area (Å²) < 4.78 is 0. The van der Waals surface area contributed by atoms with Crippen LogP contribution in [0.15, 0.2) is 30.3 Å². The monoisotopic (exact) mass is 327 g/mol. The van der Waals surface area contributed by atoms with Crippen LogP contribution in [0.25, 0.3) is 0 Å². The van der Waals surface area contributed by atoms with Gasteiger partial charge in [-0.2, -0.15) is 0 Å². The number of rotatable bonds is 3. The van der Waals surface area contributed by atoms with Gasteiger partial charge in [0.05, 0.1) is 11.7 Å². The molecule has 23 heavy (non-hydrogen) atoms. The molecule has 1 saturated heterocycles. The molecule has 2 heterocycles. The molecule has 0 radical (unpaired) electrons. The van der Waals surface area contributed by atoms with Gasteiger partial charge in [-0.1, -0.05) is 30.3 Å². The fourth-order valence-electron chi connectivity index (χ4n) is 3.54. The lowest BCUT2D eigenvalue weighted by Gasteiger charge is -2.21. The van der Waals surface area contributed by atoms with E-state index in [0.29, 0.717) is 5.92 Å². The van der Waals surface area contributed by atoms with Crippen molar-refractivity contribution >= 4 is 22.4 Å². The standard InChI is InChI=1S/C18H21N3OS/c22-17(15-7-4-10-19-15)21-18-20-14-9-8-13(11-16(14)23-18)12-5-2-1-3-6-12/h1-3,5-6,13,15,19H,4,7-11H2,(H,20,21,22). The third kappa shape index (κ3) is 3.16. The zero-order chi connectivity index (χ0) is 15.6. The molecule has 1 aromatic heterocycles. The van der Waals surface area contributed by atoms with E-state index in [-0.39, 0.29) is 11.9 Å². The Kier molecular flexibility index (Phi) is 4.14. The number of carbonyl (C=O) groups is 1. The number of anilines is 1. The first kappa shape index (κ1) is 14.8. The molecule has 1 fully saturated rings. The molecule has 4 rings (SSSR count). The first-order valence-corrected chi connectivity index (χ1v) is 9.19. The minimum Gasteiger partial charge on any atom is -0.306 e. The molecule has 2 aromatic rings. The summed E-state index contributed by atoms with van der Waals surface area (Å²) in [5.41, 5.74) is 2.59. The van der Waals surface area contributed by atoms with Crippen LogP contribution < -0.4 is 10.6 Å². The van der Waals surface area contributed by atoms with Gasteiger partial charge in [0, 0.05) is 4.88 Å². The van der Waals surface area contributed by atoms with E-state index in [9.17, 15) is 4.79 Å². The van der Waals surface area contributed by atoms with Gasteiger partial charge in [-0.25, -0.2) is 4.98 Å². The van der Waals surface area contributed by atoms with Crippen molar-refractivity contribution in [1.29, 1.82) is 0 Å². The van der Waals surface area contributed by atoms with E-state index < -0.39 is 0 Å². The van der Waals surface area contributed by atoms with Crippen LogP contribution in [0.3, 0.4) is 0 Å². The molecule has 2 atom stereocenters. The van der Waals surface area contributed by atoms with Crippen LogP contribution in [0.5, 0.6) is 0 Å². The smallest absolute Gasteiger partial charge is 0.243 e. The summed E-state index contributed by atoms with van der Waals surface area (Å²) in [7, 11) is 0.